The Balaban J connectivity index is 1.93. The molecule has 0 aliphatic carbocycles. The molecule has 1 fully saturated rings. The molecule has 0 spiro atoms. The summed E-state index contributed by atoms with van der Waals surface area (Å²) in [7, 11) is -3.10. The Labute approximate surface area is 159 Å². The average molecular weight is 394 g/mol. The summed E-state index contributed by atoms with van der Waals surface area (Å²) in [6, 6.07) is -0.327. The first-order valence-corrected chi connectivity index (χ1v) is 11.2. The number of carbonyl (C=O) groups excluding carboxylic acids is 2. The molecule has 1 atom stereocenters. The van der Waals surface area contributed by atoms with E-state index in [1.165, 1.54) is 0 Å². The summed E-state index contributed by atoms with van der Waals surface area (Å²) >= 11 is 0. The summed E-state index contributed by atoms with van der Waals surface area (Å²) < 4.78 is 25.5. The van der Waals surface area contributed by atoms with E-state index in [4.69, 9.17) is 0 Å². The van der Waals surface area contributed by atoms with Crippen molar-refractivity contribution in [1.29, 1.82) is 0 Å². The van der Waals surface area contributed by atoms with Crippen molar-refractivity contribution in [1.82, 2.24) is 19.8 Å². The van der Waals surface area contributed by atoms with Crippen molar-refractivity contribution in [2.24, 2.45) is 0 Å². The van der Waals surface area contributed by atoms with E-state index >= 15 is 0 Å². The molecule has 1 aromatic heterocycles. The van der Waals surface area contributed by atoms with E-state index in [1.807, 2.05) is 11.5 Å². The van der Waals surface area contributed by atoms with E-state index < -0.39 is 9.84 Å². The molecule has 9 heteroatoms. The number of rotatable bonds is 6. The van der Waals surface area contributed by atoms with E-state index in [0.717, 1.165) is 18.5 Å². The summed E-state index contributed by atoms with van der Waals surface area (Å²) in [6.07, 6.45) is 4.58. The first-order chi connectivity index (χ1) is 12.9. The van der Waals surface area contributed by atoms with E-state index in [-0.39, 0.29) is 40.9 Å². The van der Waals surface area contributed by atoms with Crippen molar-refractivity contribution in [3.63, 3.8) is 0 Å². The largest absolute Gasteiger partial charge is 0.346 e. The van der Waals surface area contributed by atoms with Gasteiger partial charge in [0.05, 0.1) is 17.2 Å². The van der Waals surface area contributed by atoms with Gasteiger partial charge in [-0.15, -0.1) is 6.58 Å². The van der Waals surface area contributed by atoms with Crippen molar-refractivity contribution in [3.05, 3.63) is 29.9 Å². The Morgan fingerprint density at radius 1 is 1.41 bits per heavy atom. The third kappa shape index (κ3) is 3.92. The molecule has 1 saturated heterocycles. The Hall–Kier alpha value is -2.16. The third-order valence-corrected chi connectivity index (χ3v) is 6.93. The van der Waals surface area contributed by atoms with Gasteiger partial charge in [-0.25, -0.2) is 13.4 Å². The predicted octanol–water partition coefficient (Wildman–Crippen LogP) is 0.784. The van der Waals surface area contributed by atoms with Gasteiger partial charge in [0.2, 0.25) is 0 Å². The Kier molecular flexibility index (Phi) is 5.69. The standard InChI is InChI=1S/C18H26N4O4S/c1-3-9-19-17(23)16-20-15(14-7-5-6-10-22(14)16)18(24)21(4-2)13-8-11-27(25,26)12-13/h3,13H,1,4-12H2,2H3,(H,19,23). The molecule has 1 N–H and O–H groups in total. The van der Waals surface area contributed by atoms with Gasteiger partial charge in [0, 0.05) is 25.7 Å². The lowest BCUT2D eigenvalue weighted by Crippen LogP contribution is -2.41. The van der Waals surface area contributed by atoms with Crippen LogP contribution in [0.25, 0.3) is 0 Å². The van der Waals surface area contributed by atoms with Gasteiger partial charge in [0.15, 0.2) is 15.7 Å². The van der Waals surface area contributed by atoms with Crippen molar-refractivity contribution in [3.8, 4) is 0 Å². The van der Waals surface area contributed by atoms with Gasteiger partial charge < -0.3 is 14.8 Å². The van der Waals surface area contributed by atoms with Crippen molar-refractivity contribution < 1.29 is 18.0 Å². The van der Waals surface area contributed by atoms with Gasteiger partial charge in [-0.1, -0.05) is 6.08 Å². The minimum Gasteiger partial charge on any atom is -0.346 e. The minimum atomic E-state index is -3.10. The molecule has 0 radical (unpaired) electrons. The molecule has 148 valence electrons. The third-order valence-electron chi connectivity index (χ3n) is 5.18. The molecule has 1 unspecified atom stereocenters. The second kappa shape index (κ2) is 7.84. The highest BCUT2D eigenvalue weighted by Gasteiger charge is 2.37. The van der Waals surface area contributed by atoms with Crippen LogP contribution in [0, 0.1) is 0 Å². The summed E-state index contributed by atoms with van der Waals surface area (Å²) in [6.45, 7) is 6.80. The maximum Gasteiger partial charge on any atom is 0.287 e. The lowest BCUT2D eigenvalue weighted by molar-refractivity contribution is 0.0701. The van der Waals surface area contributed by atoms with Gasteiger partial charge in [0.1, 0.15) is 5.69 Å². The summed E-state index contributed by atoms with van der Waals surface area (Å²) in [4.78, 5) is 31.6. The Bertz CT molecular complexity index is 859. The van der Waals surface area contributed by atoms with Crippen molar-refractivity contribution >= 4 is 21.7 Å². The molecule has 3 rings (SSSR count). The van der Waals surface area contributed by atoms with E-state index in [0.29, 0.717) is 32.5 Å². The number of hydrogen-bond donors (Lipinski definition) is 1. The smallest absolute Gasteiger partial charge is 0.287 e. The van der Waals surface area contributed by atoms with Gasteiger partial charge in [-0.3, -0.25) is 9.59 Å². The van der Waals surface area contributed by atoms with Gasteiger partial charge in [-0.05, 0) is 32.6 Å². The highest BCUT2D eigenvalue weighted by molar-refractivity contribution is 7.91. The van der Waals surface area contributed by atoms with Crippen LogP contribution in [0.1, 0.15) is 53.0 Å². The van der Waals surface area contributed by atoms with Crippen LogP contribution in [-0.4, -0.2) is 65.3 Å². The molecular formula is C18H26N4O4S. The zero-order valence-corrected chi connectivity index (χ0v) is 16.4. The van der Waals surface area contributed by atoms with Crippen LogP contribution in [0.4, 0.5) is 0 Å². The van der Waals surface area contributed by atoms with Crippen LogP contribution in [-0.2, 0) is 22.8 Å². The summed E-state index contributed by atoms with van der Waals surface area (Å²) in [5.41, 5.74) is 1.05. The highest BCUT2D eigenvalue weighted by atomic mass is 32.2. The zero-order valence-electron chi connectivity index (χ0n) is 15.6. The maximum absolute atomic E-state index is 13.2. The normalized spacial score (nSPS) is 20.7. The molecule has 0 aromatic carbocycles. The van der Waals surface area contributed by atoms with E-state index in [9.17, 15) is 18.0 Å². The monoisotopic (exact) mass is 394 g/mol. The van der Waals surface area contributed by atoms with Crippen LogP contribution < -0.4 is 5.32 Å². The number of hydrogen-bond acceptors (Lipinski definition) is 5. The quantitative estimate of drug-likeness (QED) is 0.719. The number of amides is 2. The fourth-order valence-electron chi connectivity index (χ4n) is 3.86. The number of fused-ring (bicyclic) bond motifs is 1. The lowest BCUT2D eigenvalue weighted by Gasteiger charge is -2.27. The fraction of sp³-hybridized carbons (Fsp3) is 0.611. The van der Waals surface area contributed by atoms with Gasteiger partial charge in [-0.2, -0.15) is 0 Å². The SMILES string of the molecule is C=CCNC(=O)c1nc(C(=O)N(CC)C2CCS(=O)(=O)C2)c2n1CCCC2. The highest BCUT2D eigenvalue weighted by Crippen LogP contribution is 2.25. The molecule has 8 nitrogen and oxygen atoms in total. The predicted molar refractivity (Wildman–Crippen MR) is 101 cm³/mol. The van der Waals surface area contributed by atoms with Crippen LogP contribution in [0.15, 0.2) is 12.7 Å². The molecular weight excluding hydrogens is 368 g/mol. The minimum absolute atomic E-state index is 0.00466. The average Bonchev–Trinajstić information content (AvgIpc) is 3.20. The molecule has 2 aliphatic rings. The Morgan fingerprint density at radius 3 is 2.81 bits per heavy atom. The van der Waals surface area contributed by atoms with Gasteiger partial charge in [0.25, 0.3) is 11.8 Å². The number of aromatic nitrogens is 2. The van der Waals surface area contributed by atoms with Crippen LogP contribution >= 0.6 is 0 Å². The first-order valence-electron chi connectivity index (χ1n) is 9.37. The van der Waals surface area contributed by atoms with Crippen molar-refractivity contribution in [2.75, 3.05) is 24.6 Å². The van der Waals surface area contributed by atoms with Gasteiger partial charge >= 0.3 is 0 Å². The number of sulfone groups is 1. The molecule has 2 aliphatic heterocycles. The van der Waals surface area contributed by atoms with Crippen LogP contribution in [0.5, 0.6) is 0 Å². The maximum atomic E-state index is 13.2. The molecule has 3 heterocycles. The van der Waals surface area contributed by atoms with E-state index in [2.05, 4.69) is 16.9 Å². The second-order valence-corrected chi connectivity index (χ2v) is 9.21. The number of nitrogens with zero attached hydrogens (tertiary/aromatic N) is 3. The molecule has 0 bridgehead atoms. The lowest BCUT2D eigenvalue weighted by atomic mass is 10.1. The number of nitrogens with one attached hydrogen (secondary N) is 1. The topological polar surface area (TPSA) is 101 Å². The number of carbonyl (C=O) groups is 2. The molecule has 27 heavy (non-hydrogen) atoms. The van der Waals surface area contributed by atoms with E-state index in [1.54, 1.807) is 11.0 Å². The van der Waals surface area contributed by atoms with Crippen LogP contribution in [0.2, 0.25) is 0 Å². The molecule has 0 saturated carbocycles. The first kappa shape index (κ1) is 19.6. The Morgan fingerprint density at radius 2 is 2.19 bits per heavy atom. The summed E-state index contributed by atoms with van der Waals surface area (Å²) in [5, 5.41) is 2.72. The van der Waals surface area contributed by atoms with Crippen molar-refractivity contribution in [2.45, 2.75) is 45.2 Å². The fourth-order valence-corrected chi connectivity index (χ4v) is 5.59. The number of imidazole rings is 1. The zero-order chi connectivity index (χ0) is 19.6. The van der Waals surface area contributed by atoms with Crippen LogP contribution in [0.3, 0.4) is 0 Å². The summed E-state index contributed by atoms with van der Waals surface area (Å²) in [5.74, 6) is -0.269. The molecule has 2 amide bonds. The second-order valence-electron chi connectivity index (χ2n) is 6.99. The molecule has 1 aromatic rings.